The molecule has 4 heterocycles. The lowest BCUT2D eigenvalue weighted by atomic mass is 10.00. The van der Waals surface area contributed by atoms with Crippen LogP contribution in [0.3, 0.4) is 0 Å². The third-order valence-corrected chi connectivity index (χ3v) is 6.52. The molecule has 24 heavy (non-hydrogen) atoms. The van der Waals surface area contributed by atoms with Crippen molar-refractivity contribution in [2.75, 3.05) is 12.8 Å². The highest BCUT2D eigenvalue weighted by Gasteiger charge is 2.32. The number of hydrogen-bond acceptors (Lipinski definition) is 5. The molecule has 0 spiro atoms. The van der Waals surface area contributed by atoms with Gasteiger partial charge in [-0.25, -0.2) is 0 Å². The summed E-state index contributed by atoms with van der Waals surface area (Å²) in [5, 5.41) is 7.07. The molecule has 122 valence electrons. The van der Waals surface area contributed by atoms with Gasteiger partial charge in [0, 0.05) is 31.7 Å². The molecule has 0 unspecified atom stereocenters. The molecule has 0 fully saturated rings. The van der Waals surface area contributed by atoms with Crippen molar-refractivity contribution in [2.45, 2.75) is 17.2 Å². The van der Waals surface area contributed by atoms with Crippen molar-refractivity contribution < 1.29 is 4.79 Å². The zero-order valence-corrected chi connectivity index (χ0v) is 14.8. The van der Waals surface area contributed by atoms with Crippen molar-refractivity contribution in [3.05, 3.63) is 53.5 Å². The summed E-state index contributed by atoms with van der Waals surface area (Å²) in [7, 11) is 0. The number of hydrogen-bond donors (Lipinski definition) is 1. The summed E-state index contributed by atoms with van der Waals surface area (Å²) in [5.74, 6) is 0.117. The highest BCUT2D eigenvalue weighted by Crippen LogP contribution is 2.43. The van der Waals surface area contributed by atoms with E-state index < -0.39 is 0 Å². The minimum atomic E-state index is 0.117. The van der Waals surface area contributed by atoms with Gasteiger partial charge in [-0.1, -0.05) is 6.07 Å². The van der Waals surface area contributed by atoms with Crippen LogP contribution in [-0.2, 0) is 13.0 Å². The Morgan fingerprint density at radius 3 is 3.00 bits per heavy atom. The Morgan fingerprint density at radius 1 is 1.38 bits per heavy atom. The van der Waals surface area contributed by atoms with E-state index in [1.165, 1.54) is 0 Å². The van der Waals surface area contributed by atoms with Crippen molar-refractivity contribution in [1.82, 2.24) is 20.1 Å². The molecule has 1 aliphatic heterocycles. The number of nitrogens with zero attached hydrogens (tertiary/aromatic N) is 3. The third kappa shape index (κ3) is 2.63. The number of H-pyrrole nitrogens is 1. The van der Waals surface area contributed by atoms with Gasteiger partial charge >= 0.3 is 0 Å². The first-order valence-corrected chi connectivity index (χ1v) is 9.69. The molecule has 0 radical (unpaired) electrons. The molecule has 7 heteroatoms. The molecule has 1 aliphatic rings. The number of fused-ring (bicyclic) bond motifs is 1. The number of rotatable bonds is 4. The van der Waals surface area contributed by atoms with Crippen molar-refractivity contribution in [3.63, 3.8) is 0 Å². The zero-order valence-electron chi connectivity index (χ0n) is 13.2. The molecule has 1 N–H and O–H groups in total. The van der Waals surface area contributed by atoms with Gasteiger partial charge in [0.2, 0.25) is 0 Å². The van der Waals surface area contributed by atoms with Gasteiger partial charge in [-0.2, -0.15) is 5.10 Å². The van der Waals surface area contributed by atoms with E-state index in [-0.39, 0.29) is 5.91 Å². The maximum atomic E-state index is 13.1. The number of nitrogens with one attached hydrogen (secondary N) is 1. The van der Waals surface area contributed by atoms with E-state index in [0.717, 1.165) is 44.4 Å². The first-order chi connectivity index (χ1) is 11.8. The van der Waals surface area contributed by atoms with Crippen molar-refractivity contribution in [1.29, 1.82) is 0 Å². The second-order valence-corrected chi connectivity index (χ2v) is 7.68. The maximum absolute atomic E-state index is 13.1. The van der Waals surface area contributed by atoms with Crippen LogP contribution in [-0.4, -0.2) is 38.8 Å². The lowest BCUT2D eigenvalue weighted by molar-refractivity contribution is 0.0724. The van der Waals surface area contributed by atoms with Crippen molar-refractivity contribution in [2.24, 2.45) is 0 Å². The van der Waals surface area contributed by atoms with Crippen LogP contribution in [0.4, 0.5) is 0 Å². The van der Waals surface area contributed by atoms with E-state index in [0.29, 0.717) is 6.54 Å². The molecular formula is C17H16N4OS2. The van der Waals surface area contributed by atoms with Gasteiger partial charge in [-0.3, -0.25) is 14.9 Å². The normalized spacial score (nSPS) is 14.0. The summed E-state index contributed by atoms with van der Waals surface area (Å²) in [6.45, 7) is 1.33. The summed E-state index contributed by atoms with van der Waals surface area (Å²) in [4.78, 5) is 20.3. The molecule has 5 nitrogen and oxygen atoms in total. The number of pyridine rings is 1. The number of thioether (sulfide) groups is 1. The molecule has 3 aromatic heterocycles. The molecule has 0 bridgehead atoms. The number of thiophene rings is 1. The van der Waals surface area contributed by atoms with E-state index in [2.05, 4.69) is 15.2 Å². The Kier molecular flexibility index (Phi) is 4.12. The minimum Gasteiger partial charge on any atom is -0.334 e. The summed E-state index contributed by atoms with van der Waals surface area (Å²) >= 11 is 3.31. The van der Waals surface area contributed by atoms with E-state index >= 15 is 0 Å². The molecule has 3 aromatic rings. The Morgan fingerprint density at radius 2 is 2.29 bits per heavy atom. The fourth-order valence-corrected chi connectivity index (χ4v) is 5.06. The van der Waals surface area contributed by atoms with Crippen LogP contribution < -0.4 is 0 Å². The van der Waals surface area contributed by atoms with Gasteiger partial charge in [0.15, 0.2) is 0 Å². The Bertz CT molecular complexity index is 858. The topological polar surface area (TPSA) is 61.9 Å². The van der Waals surface area contributed by atoms with Crippen LogP contribution >= 0.6 is 23.1 Å². The number of amides is 1. The Hall–Kier alpha value is -2.12. The third-order valence-electron chi connectivity index (χ3n) is 4.13. The lowest BCUT2D eigenvalue weighted by Crippen LogP contribution is -2.36. The van der Waals surface area contributed by atoms with Crippen LogP contribution in [0.5, 0.6) is 0 Å². The smallest absolute Gasteiger partial charge is 0.256 e. The molecule has 0 aromatic carbocycles. The largest absolute Gasteiger partial charge is 0.334 e. The molecule has 1 amide bonds. The molecule has 0 aliphatic carbocycles. The van der Waals surface area contributed by atoms with Gasteiger partial charge < -0.3 is 4.90 Å². The van der Waals surface area contributed by atoms with E-state index in [4.69, 9.17) is 0 Å². The highest BCUT2D eigenvalue weighted by atomic mass is 32.2. The summed E-state index contributed by atoms with van der Waals surface area (Å²) in [6.07, 6.45) is 8.21. The van der Waals surface area contributed by atoms with Gasteiger partial charge in [-0.15, -0.1) is 23.1 Å². The van der Waals surface area contributed by atoms with E-state index in [1.54, 1.807) is 35.5 Å². The van der Waals surface area contributed by atoms with Gasteiger partial charge in [0.05, 0.1) is 20.3 Å². The fourth-order valence-electron chi connectivity index (χ4n) is 3.01. The van der Waals surface area contributed by atoms with Gasteiger partial charge in [-0.05, 0) is 35.9 Å². The van der Waals surface area contributed by atoms with Crippen LogP contribution in [0.2, 0.25) is 0 Å². The fraction of sp³-hybridized carbons (Fsp3) is 0.235. The van der Waals surface area contributed by atoms with Gasteiger partial charge in [0.1, 0.15) is 0 Å². The van der Waals surface area contributed by atoms with Crippen LogP contribution in [0.15, 0.2) is 41.0 Å². The molecule has 0 atom stereocenters. The number of aromatic amines is 1. The molecule has 0 saturated heterocycles. The predicted octanol–water partition coefficient (Wildman–Crippen LogP) is 3.45. The van der Waals surface area contributed by atoms with Crippen LogP contribution in [0, 0.1) is 0 Å². The second-order valence-electron chi connectivity index (χ2n) is 5.58. The van der Waals surface area contributed by atoms with Gasteiger partial charge in [0.25, 0.3) is 5.91 Å². The monoisotopic (exact) mass is 356 g/mol. The average Bonchev–Trinajstić information content (AvgIpc) is 3.25. The average molecular weight is 356 g/mol. The second kappa shape index (κ2) is 6.41. The number of carbonyl (C=O) groups is 1. The first kappa shape index (κ1) is 15.4. The quantitative estimate of drug-likeness (QED) is 0.727. The highest BCUT2D eigenvalue weighted by molar-refractivity contribution is 8.00. The maximum Gasteiger partial charge on any atom is 0.256 e. The predicted molar refractivity (Wildman–Crippen MR) is 96.4 cm³/mol. The van der Waals surface area contributed by atoms with Crippen LogP contribution in [0.25, 0.3) is 10.6 Å². The SMILES string of the molecule is CSc1sc(-c2ccn[nH]2)c2c1C(=O)N(Cc1cccnc1)CC2. The summed E-state index contributed by atoms with van der Waals surface area (Å²) in [6, 6.07) is 5.88. The number of carbonyl (C=O) groups excluding carboxylic acids is 1. The van der Waals surface area contributed by atoms with Crippen LogP contribution in [0.1, 0.15) is 21.5 Å². The first-order valence-electron chi connectivity index (χ1n) is 7.65. The minimum absolute atomic E-state index is 0.117. The Labute approximate surface area is 148 Å². The van der Waals surface area contributed by atoms with E-state index in [9.17, 15) is 4.79 Å². The lowest BCUT2D eigenvalue weighted by Gasteiger charge is -2.28. The number of aromatic nitrogens is 3. The standard InChI is InChI=1S/C17H16N4OS2/c1-23-17-14-12(15(24-17)13-4-7-19-20-13)5-8-21(16(14)22)10-11-3-2-6-18-9-11/h2-4,6-7,9H,5,8,10H2,1H3,(H,19,20). The van der Waals surface area contributed by atoms with Crippen molar-refractivity contribution in [3.8, 4) is 10.6 Å². The molecule has 0 saturated carbocycles. The summed E-state index contributed by atoms with van der Waals surface area (Å²) < 4.78 is 1.08. The summed E-state index contributed by atoms with van der Waals surface area (Å²) in [5.41, 5.74) is 4.07. The van der Waals surface area contributed by atoms with Crippen molar-refractivity contribution >= 4 is 29.0 Å². The zero-order chi connectivity index (χ0) is 16.5. The molecule has 4 rings (SSSR count). The Balaban J connectivity index is 1.70. The molecular weight excluding hydrogens is 340 g/mol. The van der Waals surface area contributed by atoms with E-state index in [1.807, 2.05) is 35.6 Å².